The standard InChI is InChI=1S/C21H24Cl2N2OS/c1-4-21(2,3)12-6-7-13-16(10-12)27-20-17(13)19(26)24-18(25-20)11-5-8-14(22)15(23)9-11/h5,8-9,12,18,25H,4,6-7,10H2,1-3H3,(H,24,26). The van der Waals surface area contributed by atoms with Crippen molar-refractivity contribution >= 4 is 45.4 Å². The molecule has 0 saturated heterocycles. The molecule has 2 unspecified atom stereocenters. The summed E-state index contributed by atoms with van der Waals surface area (Å²) in [6.45, 7) is 6.99. The molecule has 0 fully saturated rings. The van der Waals surface area contributed by atoms with E-state index in [1.54, 1.807) is 23.5 Å². The number of thiophene rings is 1. The van der Waals surface area contributed by atoms with Crippen LogP contribution in [-0.2, 0) is 12.8 Å². The Bertz CT molecular complexity index is 906. The van der Waals surface area contributed by atoms with Crippen LogP contribution in [0.25, 0.3) is 0 Å². The number of rotatable bonds is 3. The van der Waals surface area contributed by atoms with Gasteiger partial charge in [0, 0.05) is 4.88 Å². The molecule has 1 aromatic heterocycles. The van der Waals surface area contributed by atoms with Crippen LogP contribution in [0, 0.1) is 11.3 Å². The molecule has 0 bridgehead atoms. The van der Waals surface area contributed by atoms with Gasteiger partial charge in [-0.1, -0.05) is 56.5 Å². The number of hydrogen-bond acceptors (Lipinski definition) is 3. The summed E-state index contributed by atoms with van der Waals surface area (Å²) < 4.78 is 0. The van der Waals surface area contributed by atoms with E-state index in [4.69, 9.17) is 23.2 Å². The number of hydrogen-bond donors (Lipinski definition) is 2. The number of anilines is 1. The van der Waals surface area contributed by atoms with Crippen LogP contribution >= 0.6 is 34.5 Å². The molecule has 2 aliphatic rings. The maximum Gasteiger partial charge on any atom is 0.256 e. The van der Waals surface area contributed by atoms with Crippen LogP contribution in [0.5, 0.6) is 0 Å². The normalized spacial score (nSPS) is 21.9. The summed E-state index contributed by atoms with van der Waals surface area (Å²) >= 11 is 13.9. The van der Waals surface area contributed by atoms with E-state index in [0.29, 0.717) is 21.4 Å². The molecule has 1 aromatic carbocycles. The number of nitrogens with one attached hydrogen (secondary N) is 2. The zero-order valence-electron chi connectivity index (χ0n) is 15.8. The maximum atomic E-state index is 12.9. The number of carbonyl (C=O) groups excluding carboxylic acids is 1. The fourth-order valence-corrected chi connectivity index (χ4v) is 5.77. The van der Waals surface area contributed by atoms with Crippen molar-refractivity contribution in [2.24, 2.45) is 11.3 Å². The third kappa shape index (κ3) is 3.37. The number of amides is 1. The molecule has 2 heterocycles. The highest BCUT2D eigenvalue weighted by Gasteiger charge is 2.37. The van der Waals surface area contributed by atoms with Gasteiger partial charge in [-0.05, 0) is 53.9 Å². The maximum absolute atomic E-state index is 12.9. The van der Waals surface area contributed by atoms with Gasteiger partial charge in [0.15, 0.2) is 0 Å². The molecule has 0 saturated carbocycles. The van der Waals surface area contributed by atoms with Gasteiger partial charge in [-0.2, -0.15) is 0 Å². The van der Waals surface area contributed by atoms with E-state index in [0.717, 1.165) is 35.4 Å². The van der Waals surface area contributed by atoms with Crippen LogP contribution in [0.4, 0.5) is 5.00 Å². The van der Waals surface area contributed by atoms with Crippen molar-refractivity contribution in [1.29, 1.82) is 0 Å². The fourth-order valence-electron chi connectivity index (χ4n) is 4.11. The Hall–Kier alpha value is -1.23. The molecule has 1 amide bonds. The van der Waals surface area contributed by atoms with Gasteiger partial charge in [0.05, 0.1) is 15.6 Å². The van der Waals surface area contributed by atoms with E-state index in [2.05, 4.69) is 31.4 Å². The molecule has 3 nitrogen and oxygen atoms in total. The lowest BCUT2D eigenvalue weighted by molar-refractivity contribution is 0.0934. The first-order valence-corrected chi connectivity index (χ1v) is 11.0. The van der Waals surface area contributed by atoms with Gasteiger partial charge < -0.3 is 10.6 Å². The van der Waals surface area contributed by atoms with E-state index >= 15 is 0 Å². The van der Waals surface area contributed by atoms with Crippen molar-refractivity contribution in [2.75, 3.05) is 5.32 Å². The van der Waals surface area contributed by atoms with Gasteiger partial charge >= 0.3 is 0 Å². The molecular weight excluding hydrogens is 399 g/mol. The first-order valence-electron chi connectivity index (χ1n) is 9.47. The number of benzene rings is 1. The number of carbonyl (C=O) groups is 1. The van der Waals surface area contributed by atoms with Crippen molar-refractivity contribution in [3.63, 3.8) is 0 Å². The van der Waals surface area contributed by atoms with E-state index in [1.165, 1.54) is 16.9 Å². The predicted molar refractivity (Wildman–Crippen MR) is 114 cm³/mol. The highest BCUT2D eigenvalue weighted by atomic mass is 35.5. The topological polar surface area (TPSA) is 41.1 Å². The molecule has 1 aliphatic heterocycles. The third-order valence-electron chi connectivity index (χ3n) is 6.34. The quantitative estimate of drug-likeness (QED) is 0.596. The molecule has 4 rings (SSSR count). The average Bonchev–Trinajstić information content (AvgIpc) is 3.02. The van der Waals surface area contributed by atoms with Gasteiger partial charge in [-0.3, -0.25) is 4.79 Å². The van der Waals surface area contributed by atoms with Crippen molar-refractivity contribution in [2.45, 2.75) is 52.6 Å². The lowest BCUT2D eigenvalue weighted by atomic mass is 9.69. The molecule has 2 N–H and O–H groups in total. The minimum Gasteiger partial charge on any atom is -0.353 e. The van der Waals surface area contributed by atoms with Crippen LogP contribution in [0.2, 0.25) is 10.0 Å². The van der Waals surface area contributed by atoms with Gasteiger partial charge in [0.1, 0.15) is 11.2 Å². The second kappa shape index (κ2) is 6.98. The molecule has 27 heavy (non-hydrogen) atoms. The summed E-state index contributed by atoms with van der Waals surface area (Å²) in [7, 11) is 0. The van der Waals surface area contributed by atoms with Crippen molar-refractivity contribution in [1.82, 2.24) is 5.32 Å². The number of halogens is 2. The smallest absolute Gasteiger partial charge is 0.256 e. The molecule has 0 spiro atoms. The Morgan fingerprint density at radius 2 is 2.00 bits per heavy atom. The van der Waals surface area contributed by atoms with E-state index < -0.39 is 0 Å². The molecule has 1 aliphatic carbocycles. The van der Waals surface area contributed by atoms with E-state index in [-0.39, 0.29) is 12.1 Å². The Kier molecular flexibility index (Phi) is 4.94. The van der Waals surface area contributed by atoms with Gasteiger partial charge in [-0.25, -0.2) is 0 Å². The Morgan fingerprint density at radius 3 is 2.70 bits per heavy atom. The van der Waals surface area contributed by atoms with Crippen LogP contribution in [0.3, 0.4) is 0 Å². The SMILES string of the molecule is CCC(C)(C)C1CCc2c(sc3c2C(=O)NC(c2ccc(Cl)c(Cl)c2)N3)C1. The summed E-state index contributed by atoms with van der Waals surface area (Å²) in [5.41, 5.74) is 3.33. The summed E-state index contributed by atoms with van der Waals surface area (Å²) in [6.07, 6.45) is 4.10. The minimum absolute atomic E-state index is 0.00511. The minimum atomic E-state index is -0.289. The molecule has 6 heteroatoms. The van der Waals surface area contributed by atoms with Crippen LogP contribution in [0.15, 0.2) is 18.2 Å². The molecule has 2 atom stereocenters. The van der Waals surface area contributed by atoms with Crippen molar-refractivity contribution in [3.05, 3.63) is 49.8 Å². The molecule has 144 valence electrons. The van der Waals surface area contributed by atoms with E-state index in [9.17, 15) is 4.79 Å². The zero-order chi connectivity index (χ0) is 19.3. The highest BCUT2D eigenvalue weighted by molar-refractivity contribution is 7.16. The predicted octanol–water partition coefficient (Wildman–Crippen LogP) is 6.45. The van der Waals surface area contributed by atoms with Crippen molar-refractivity contribution < 1.29 is 4.79 Å². The summed E-state index contributed by atoms with van der Waals surface area (Å²) in [4.78, 5) is 14.3. The lowest BCUT2D eigenvalue weighted by Crippen LogP contribution is -2.38. The van der Waals surface area contributed by atoms with E-state index in [1.807, 2.05) is 6.07 Å². The first-order chi connectivity index (χ1) is 12.8. The average molecular weight is 423 g/mol. The fraction of sp³-hybridized carbons (Fsp3) is 0.476. The van der Waals surface area contributed by atoms with Crippen LogP contribution in [-0.4, -0.2) is 5.91 Å². The zero-order valence-corrected chi connectivity index (χ0v) is 18.1. The lowest BCUT2D eigenvalue weighted by Gasteiger charge is -2.36. The first kappa shape index (κ1) is 19.1. The molecular formula is C21H24Cl2N2OS. The van der Waals surface area contributed by atoms with Gasteiger partial charge in [0.25, 0.3) is 5.91 Å². The van der Waals surface area contributed by atoms with Gasteiger partial charge in [0.2, 0.25) is 0 Å². The monoisotopic (exact) mass is 422 g/mol. The largest absolute Gasteiger partial charge is 0.353 e. The van der Waals surface area contributed by atoms with Gasteiger partial charge in [-0.15, -0.1) is 11.3 Å². The summed E-state index contributed by atoms with van der Waals surface area (Å²) in [6, 6.07) is 5.46. The number of fused-ring (bicyclic) bond motifs is 3. The Labute approximate surface area is 174 Å². The molecule has 2 aromatic rings. The Balaban J connectivity index is 1.63. The second-order valence-electron chi connectivity index (χ2n) is 8.21. The summed E-state index contributed by atoms with van der Waals surface area (Å²) in [5.74, 6) is 0.676. The van der Waals surface area contributed by atoms with Crippen molar-refractivity contribution in [3.8, 4) is 0 Å². The van der Waals surface area contributed by atoms with Crippen LogP contribution in [0.1, 0.15) is 66.1 Å². The highest BCUT2D eigenvalue weighted by Crippen LogP contribution is 2.47. The second-order valence-corrected chi connectivity index (χ2v) is 10.1. The Morgan fingerprint density at radius 1 is 1.22 bits per heavy atom. The third-order valence-corrected chi connectivity index (χ3v) is 8.26. The van der Waals surface area contributed by atoms with Crippen LogP contribution < -0.4 is 10.6 Å². The molecule has 0 radical (unpaired) electrons. The summed E-state index contributed by atoms with van der Waals surface area (Å²) in [5, 5.41) is 8.57.